The normalized spacial score (nSPS) is 14.1. The molecule has 74 heavy (non-hydrogen) atoms. The third kappa shape index (κ3) is 57.9. The number of hydrogen-bond acceptors (Lipinski definition) is 7. The van der Waals surface area contributed by atoms with Gasteiger partial charge in [0, 0.05) is 12.8 Å². The van der Waals surface area contributed by atoms with Gasteiger partial charge in [-0.3, -0.25) is 18.6 Å². The van der Waals surface area contributed by atoms with Gasteiger partial charge in [0.05, 0.1) is 27.7 Å². The average molecular weight is 1050 g/mol. The van der Waals surface area contributed by atoms with Crippen LogP contribution >= 0.6 is 7.82 Å². The largest absolute Gasteiger partial charge is 0.472 e. The molecule has 1 N–H and O–H groups in total. The van der Waals surface area contributed by atoms with Crippen LogP contribution in [0.25, 0.3) is 0 Å². The highest BCUT2D eigenvalue weighted by Crippen LogP contribution is 2.43. The van der Waals surface area contributed by atoms with Gasteiger partial charge in [0.2, 0.25) is 0 Å². The quantitative estimate of drug-likeness (QED) is 0.0211. The Morgan fingerprint density at radius 3 is 1.19 bits per heavy atom. The molecule has 0 bridgehead atoms. The van der Waals surface area contributed by atoms with E-state index in [0.717, 1.165) is 83.5 Å². The van der Waals surface area contributed by atoms with Gasteiger partial charge in [-0.1, -0.05) is 226 Å². The van der Waals surface area contributed by atoms with Crippen LogP contribution in [0.4, 0.5) is 0 Å². The Kier molecular flexibility index (Phi) is 52.0. The molecule has 0 aromatic carbocycles. The molecule has 0 aromatic heterocycles. The van der Waals surface area contributed by atoms with Crippen molar-refractivity contribution in [3.63, 3.8) is 0 Å². The number of likely N-dealkylation sites (N-methyl/N-ethyl adjacent to an activating group) is 1. The van der Waals surface area contributed by atoms with Crippen molar-refractivity contribution < 1.29 is 42.1 Å². The summed E-state index contributed by atoms with van der Waals surface area (Å²) in [6.45, 7) is 4.27. The lowest BCUT2D eigenvalue weighted by molar-refractivity contribution is -0.870. The molecule has 2 unspecified atom stereocenters. The van der Waals surface area contributed by atoms with Crippen LogP contribution in [-0.2, 0) is 32.7 Å². The van der Waals surface area contributed by atoms with E-state index in [-0.39, 0.29) is 32.0 Å². The van der Waals surface area contributed by atoms with Crippen molar-refractivity contribution in [1.82, 2.24) is 0 Å². The van der Waals surface area contributed by atoms with Crippen LogP contribution < -0.4 is 0 Å². The van der Waals surface area contributed by atoms with Crippen molar-refractivity contribution in [3.8, 4) is 0 Å². The molecule has 10 heteroatoms. The minimum absolute atomic E-state index is 0.0174. The smallest absolute Gasteiger partial charge is 0.462 e. The topological polar surface area (TPSA) is 108 Å². The van der Waals surface area contributed by atoms with Gasteiger partial charge in [-0.25, -0.2) is 4.57 Å². The first-order chi connectivity index (χ1) is 36.0. The minimum atomic E-state index is -4.41. The first kappa shape index (κ1) is 70.7. The number of hydrogen-bond donors (Lipinski definition) is 1. The van der Waals surface area contributed by atoms with E-state index < -0.39 is 26.5 Å². The second-order valence-electron chi connectivity index (χ2n) is 20.6. The second kappa shape index (κ2) is 54.5. The second-order valence-corrected chi connectivity index (χ2v) is 22.1. The van der Waals surface area contributed by atoms with Gasteiger partial charge >= 0.3 is 19.8 Å². The Bertz CT molecular complexity index is 1620. The number of nitrogens with zero attached hydrogens (tertiary/aromatic N) is 1. The summed E-state index contributed by atoms with van der Waals surface area (Å²) in [6, 6.07) is 0. The molecule has 0 aliphatic carbocycles. The fourth-order valence-electron chi connectivity index (χ4n) is 7.73. The monoisotopic (exact) mass is 1050 g/mol. The highest BCUT2D eigenvalue weighted by Gasteiger charge is 2.27. The number of phosphoric ester groups is 1. The van der Waals surface area contributed by atoms with Crippen LogP contribution in [0.2, 0.25) is 0 Å². The first-order valence-electron chi connectivity index (χ1n) is 29.6. The molecule has 0 heterocycles. The molecule has 0 saturated carbocycles. The lowest BCUT2D eigenvalue weighted by Crippen LogP contribution is -2.37. The molecule has 0 spiro atoms. The summed E-state index contributed by atoms with van der Waals surface area (Å²) in [6.07, 6.45) is 75.9. The van der Waals surface area contributed by atoms with Crippen LogP contribution in [0, 0.1) is 0 Å². The molecule has 0 saturated heterocycles. The first-order valence-corrected chi connectivity index (χ1v) is 31.1. The molecule has 0 aromatic rings. The van der Waals surface area contributed by atoms with Gasteiger partial charge in [-0.05, 0) is 103 Å². The van der Waals surface area contributed by atoms with Crippen molar-refractivity contribution in [2.75, 3.05) is 47.5 Å². The van der Waals surface area contributed by atoms with Gasteiger partial charge < -0.3 is 18.9 Å². The average Bonchev–Trinajstić information content (AvgIpc) is 3.36. The maximum Gasteiger partial charge on any atom is 0.472 e. The van der Waals surface area contributed by atoms with Crippen LogP contribution in [0.1, 0.15) is 232 Å². The van der Waals surface area contributed by atoms with Crippen molar-refractivity contribution in [2.45, 2.75) is 238 Å². The number of phosphoric acid groups is 1. The Morgan fingerprint density at radius 1 is 0.432 bits per heavy atom. The van der Waals surface area contributed by atoms with E-state index >= 15 is 0 Å². The molecular weight excluding hydrogens is 942 g/mol. The zero-order valence-electron chi connectivity index (χ0n) is 48.0. The lowest BCUT2D eigenvalue weighted by atomic mass is 10.0. The highest BCUT2D eigenvalue weighted by molar-refractivity contribution is 7.47. The molecule has 0 radical (unpaired) electrons. The SMILES string of the molecule is CC/C=C\C/C=C\C/C=C\C/C=C\C/C=C\C/C=C\C/C=C\C/C=C\CCCCC(=O)OC(COC(=O)CCCCCCCCCCCCC/C=C\CCCCCCCCCC)COP(=O)(O)OCC[N+](C)(C)C. The van der Waals surface area contributed by atoms with E-state index in [4.69, 9.17) is 18.5 Å². The number of esters is 2. The molecule has 424 valence electrons. The van der Waals surface area contributed by atoms with E-state index in [1.807, 2.05) is 21.1 Å². The molecule has 0 aliphatic heterocycles. The van der Waals surface area contributed by atoms with Crippen LogP contribution in [-0.4, -0.2) is 74.9 Å². The van der Waals surface area contributed by atoms with E-state index in [1.54, 1.807) is 0 Å². The molecule has 0 fully saturated rings. The maximum atomic E-state index is 12.8. The Balaban J connectivity index is 4.28. The van der Waals surface area contributed by atoms with Crippen molar-refractivity contribution in [3.05, 3.63) is 109 Å². The Hall–Kier alpha value is -3.33. The number of quaternary nitrogens is 1. The van der Waals surface area contributed by atoms with E-state index in [1.165, 1.54) is 116 Å². The Morgan fingerprint density at radius 2 is 0.770 bits per heavy atom. The van der Waals surface area contributed by atoms with Crippen LogP contribution in [0.5, 0.6) is 0 Å². The predicted octanol–water partition coefficient (Wildman–Crippen LogP) is 18.6. The minimum Gasteiger partial charge on any atom is -0.462 e. The van der Waals surface area contributed by atoms with E-state index in [2.05, 4.69) is 123 Å². The maximum absolute atomic E-state index is 12.8. The lowest BCUT2D eigenvalue weighted by Gasteiger charge is -2.24. The summed E-state index contributed by atoms with van der Waals surface area (Å²) in [4.78, 5) is 35.7. The van der Waals surface area contributed by atoms with Gasteiger partial charge in [0.15, 0.2) is 6.10 Å². The van der Waals surface area contributed by atoms with Crippen molar-refractivity contribution in [2.24, 2.45) is 0 Å². The fraction of sp³-hybridized carbons (Fsp3) is 0.688. The number of ether oxygens (including phenoxy) is 2. The molecule has 2 atom stereocenters. The zero-order chi connectivity index (χ0) is 54.2. The van der Waals surface area contributed by atoms with Crippen LogP contribution in [0.15, 0.2) is 109 Å². The summed E-state index contributed by atoms with van der Waals surface area (Å²) in [5.41, 5.74) is 0. The molecule has 0 aliphatic rings. The Labute approximate surface area is 455 Å². The van der Waals surface area contributed by atoms with Gasteiger partial charge in [0.25, 0.3) is 0 Å². The fourth-order valence-corrected chi connectivity index (χ4v) is 8.47. The van der Waals surface area contributed by atoms with E-state index in [9.17, 15) is 19.0 Å². The standard InChI is InChI=1S/C64H110NO8P/c1-6-8-10-12-14-16-18-20-22-24-26-28-30-31-32-33-35-37-39-41-43-45-47-49-51-53-55-57-64(67)73-62(61-72-74(68,69)71-59-58-65(3,4)5)60-70-63(66)56-54-52-50-48-46-44-42-40-38-36-34-29-27-25-23-21-19-17-15-13-11-9-7-2/h8,10,14,16,20,22,25-28,31-32,35,37,41,43,47,49,62H,6-7,9,11-13,15,17-19,21,23-24,29-30,33-34,36,38-40,42,44-46,48,50-61H2,1-5H3/p+1/b10-8-,16-14-,22-20-,27-25-,28-26-,32-31-,37-35-,43-41-,49-47-. The third-order valence-electron chi connectivity index (χ3n) is 12.3. The summed E-state index contributed by atoms with van der Waals surface area (Å²) in [5.74, 6) is -0.853. The molecule has 0 amide bonds. The highest BCUT2D eigenvalue weighted by atomic mass is 31.2. The number of allylic oxidation sites excluding steroid dienone is 18. The number of rotatable bonds is 53. The van der Waals surface area contributed by atoms with Crippen LogP contribution in [0.3, 0.4) is 0 Å². The third-order valence-corrected chi connectivity index (χ3v) is 13.3. The molecular formula is C64H111NO8P+. The van der Waals surface area contributed by atoms with Crippen molar-refractivity contribution >= 4 is 19.8 Å². The molecule has 9 nitrogen and oxygen atoms in total. The zero-order valence-corrected chi connectivity index (χ0v) is 48.9. The predicted molar refractivity (Wildman–Crippen MR) is 316 cm³/mol. The summed E-state index contributed by atoms with van der Waals surface area (Å²) in [5, 5.41) is 0. The number of unbranched alkanes of at least 4 members (excludes halogenated alkanes) is 21. The van der Waals surface area contributed by atoms with E-state index in [0.29, 0.717) is 17.4 Å². The molecule has 0 rings (SSSR count). The van der Waals surface area contributed by atoms with Gasteiger partial charge in [-0.2, -0.15) is 0 Å². The summed E-state index contributed by atoms with van der Waals surface area (Å²) < 4.78 is 34.5. The summed E-state index contributed by atoms with van der Waals surface area (Å²) in [7, 11) is 1.43. The number of carbonyl (C=O) groups is 2. The summed E-state index contributed by atoms with van der Waals surface area (Å²) >= 11 is 0. The van der Waals surface area contributed by atoms with Gasteiger partial charge in [-0.15, -0.1) is 0 Å². The van der Waals surface area contributed by atoms with Crippen molar-refractivity contribution in [1.29, 1.82) is 0 Å². The van der Waals surface area contributed by atoms with Gasteiger partial charge in [0.1, 0.15) is 19.8 Å². The number of carbonyl (C=O) groups excluding carboxylic acids is 2.